The summed E-state index contributed by atoms with van der Waals surface area (Å²) in [6, 6.07) is 9.28. The summed E-state index contributed by atoms with van der Waals surface area (Å²) in [4.78, 5) is 12.2. The summed E-state index contributed by atoms with van der Waals surface area (Å²) < 4.78 is 5.24. The van der Waals surface area contributed by atoms with Gasteiger partial charge in [-0.3, -0.25) is 0 Å². The van der Waals surface area contributed by atoms with Gasteiger partial charge in [-0.2, -0.15) is 0 Å². The Bertz CT molecular complexity index is 441. The Balaban J connectivity index is 2.76. The monoisotopic (exact) mass is 280 g/mol. The SMILES string of the molecule is CC(C)(C)OC(=O)NC(CC(N)=S)c1ccccc1. The molecule has 0 bridgehead atoms. The van der Waals surface area contributed by atoms with Gasteiger partial charge in [-0.05, 0) is 26.3 Å². The van der Waals surface area contributed by atoms with Crippen LogP contribution in [0.3, 0.4) is 0 Å². The first-order valence-electron chi connectivity index (χ1n) is 6.11. The fourth-order valence-corrected chi connectivity index (χ4v) is 1.76. The summed E-state index contributed by atoms with van der Waals surface area (Å²) >= 11 is 4.92. The molecule has 3 N–H and O–H groups in total. The van der Waals surface area contributed by atoms with Crippen LogP contribution < -0.4 is 11.1 Å². The molecular formula is C14H20N2O2S. The zero-order valence-corrected chi connectivity index (χ0v) is 12.3. The third kappa shape index (κ3) is 6.20. The van der Waals surface area contributed by atoms with E-state index in [2.05, 4.69) is 5.32 Å². The standard InChI is InChI=1S/C14H20N2O2S/c1-14(2,3)18-13(17)16-11(9-12(15)19)10-7-5-4-6-8-10/h4-8,11H,9H2,1-3H3,(H2,15,19)(H,16,17). The van der Waals surface area contributed by atoms with Crippen molar-refractivity contribution >= 4 is 23.3 Å². The van der Waals surface area contributed by atoms with Crippen LogP contribution in [0, 0.1) is 0 Å². The first kappa shape index (κ1) is 15.4. The normalized spacial score (nSPS) is 12.6. The Hall–Kier alpha value is -1.62. The molecule has 0 aliphatic rings. The second-order valence-electron chi connectivity index (χ2n) is 5.28. The molecule has 19 heavy (non-hydrogen) atoms. The van der Waals surface area contributed by atoms with Crippen LogP contribution in [0.2, 0.25) is 0 Å². The van der Waals surface area contributed by atoms with Gasteiger partial charge in [-0.1, -0.05) is 42.5 Å². The molecule has 1 aromatic carbocycles. The molecule has 0 fully saturated rings. The molecule has 0 aromatic heterocycles. The lowest BCUT2D eigenvalue weighted by Crippen LogP contribution is -2.36. The average molecular weight is 280 g/mol. The molecule has 1 atom stereocenters. The maximum atomic E-state index is 11.8. The van der Waals surface area contributed by atoms with Crippen molar-refractivity contribution in [2.45, 2.75) is 38.8 Å². The van der Waals surface area contributed by atoms with Crippen LogP contribution in [-0.2, 0) is 4.74 Å². The number of rotatable bonds is 4. The number of nitrogens with one attached hydrogen (secondary N) is 1. The molecule has 0 aliphatic heterocycles. The van der Waals surface area contributed by atoms with Gasteiger partial charge < -0.3 is 15.8 Å². The molecule has 104 valence electrons. The van der Waals surface area contributed by atoms with Crippen LogP contribution in [-0.4, -0.2) is 16.7 Å². The van der Waals surface area contributed by atoms with E-state index in [4.69, 9.17) is 22.7 Å². The predicted octanol–water partition coefficient (Wildman–Crippen LogP) is 2.93. The van der Waals surface area contributed by atoms with Gasteiger partial charge in [0, 0.05) is 6.42 Å². The van der Waals surface area contributed by atoms with Crippen molar-refractivity contribution in [2.24, 2.45) is 5.73 Å². The number of thiocarbonyl (C=S) groups is 1. The largest absolute Gasteiger partial charge is 0.444 e. The van der Waals surface area contributed by atoms with Crippen LogP contribution in [0.1, 0.15) is 38.8 Å². The third-order valence-electron chi connectivity index (χ3n) is 2.30. The highest BCUT2D eigenvalue weighted by Crippen LogP contribution is 2.17. The molecular weight excluding hydrogens is 260 g/mol. The molecule has 4 nitrogen and oxygen atoms in total. The third-order valence-corrected chi connectivity index (χ3v) is 2.46. The number of carbonyl (C=O) groups is 1. The fraction of sp³-hybridized carbons (Fsp3) is 0.429. The number of hydrogen-bond donors (Lipinski definition) is 2. The first-order chi connectivity index (χ1) is 8.78. The van der Waals surface area contributed by atoms with Gasteiger partial charge >= 0.3 is 6.09 Å². The highest BCUT2D eigenvalue weighted by atomic mass is 32.1. The van der Waals surface area contributed by atoms with Gasteiger partial charge in [0.1, 0.15) is 5.60 Å². The van der Waals surface area contributed by atoms with E-state index in [-0.39, 0.29) is 6.04 Å². The van der Waals surface area contributed by atoms with Crippen molar-refractivity contribution in [3.63, 3.8) is 0 Å². The van der Waals surface area contributed by atoms with Crippen molar-refractivity contribution in [3.05, 3.63) is 35.9 Å². The minimum Gasteiger partial charge on any atom is -0.444 e. The van der Waals surface area contributed by atoms with Crippen molar-refractivity contribution < 1.29 is 9.53 Å². The summed E-state index contributed by atoms with van der Waals surface area (Å²) in [7, 11) is 0. The van der Waals surface area contributed by atoms with Crippen LogP contribution >= 0.6 is 12.2 Å². The van der Waals surface area contributed by atoms with Gasteiger partial charge in [0.2, 0.25) is 0 Å². The Labute approximate surface area is 119 Å². The summed E-state index contributed by atoms with van der Waals surface area (Å²) in [6.45, 7) is 5.45. The van der Waals surface area contributed by atoms with Crippen molar-refractivity contribution in [1.82, 2.24) is 5.32 Å². The summed E-state index contributed by atoms with van der Waals surface area (Å²) in [5, 5.41) is 2.79. The maximum absolute atomic E-state index is 11.8. The van der Waals surface area contributed by atoms with E-state index in [1.54, 1.807) is 0 Å². The molecule has 1 rings (SSSR count). The Kier molecular flexibility index (Phi) is 5.30. The van der Waals surface area contributed by atoms with Crippen LogP contribution in [0.4, 0.5) is 4.79 Å². The quantitative estimate of drug-likeness (QED) is 0.832. The Morgan fingerprint density at radius 2 is 1.95 bits per heavy atom. The van der Waals surface area contributed by atoms with E-state index in [1.807, 2.05) is 51.1 Å². The Morgan fingerprint density at radius 3 is 2.42 bits per heavy atom. The van der Waals surface area contributed by atoms with E-state index >= 15 is 0 Å². The minimum absolute atomic E-state index is 0.270. The summed E-state index contributed by atoms with van der Waals surface area (Å²) in [6.07, 6.45) is -0.0731. The lowest BCUT2D eigenvalue weighted by molar-refractivity contribution is 0.0505. The molecule has 1 amide bonds. The summed E-state index contributed by atoms with van der Waals surface area (Å²) in [5.74, 6) is 0. The number of alkyl carbamates (subject to hydrolysis) is 1. The molecule has 0 aliphatic carbocycles. The van der Waals surface area contributed by atoms with Crippen LogP contribution in [0.15, 0.2) is 30.3 Å². The number of ether oxygens (including phenoxy) is 1. The number of amides is 1. The molecule has 0 spiro atoms. The molecule has 1 unspecified atom stereocenters. The van der Waals surface area contributed by atoms with Crippen LogP contribution in [0.25, 0.3) is 0 Å². The molecule has 0 saturated heterocycles. The van der Waals surface area contributed by atoms with Gasteiger partial charge in [0.15, 0.2) is 0 Å². The lowest BCUT2D eigenvalue weighted by atomic mass is 10.0. The van der Waals surface area contributed by atoms with Crippen molar-refractivity contribution in [2.75, 3.05) is 0 Å². The van der Waals surface area contributed by atoms with Gasteiger partial charge in [0.05, 0.1) is 11.0 Å². The highest BCUT2D eigenvalue weighted by molar-refractivity contribution is 7.80. The predicted molar refractivity (Wildman–Crippen MR) is 80.0 cm³/mol. The topological polar surface area (TPSA) is 64.3 Å². The van der Waals surface area contributed by atoms with E-state index in [1.165, 1.54) is 0 Å². The maximum Gasteiger partial charge on any atom is 0.408 e. The van der Waals surface area contributed by atoms with E-state index in [9.17, 15) is 4.79 Å². The number of benzene rings is 1. The number of nitrogens with two attached hydrogens (primary N) is 1. The van der Waals surface area contributed by atoms with Crippen molar-refractivity contribution in [1.29, 1.82) is 0 Å². The lowest BCUT2D eigenvalue weighted by Gasteiger charge is -2.23. The molecule has 5 heteroatoms. The molecule has 0 heterocycles. The number of carbonyl (C=O) groups excluding carboxylic acids is 1. The Morgan fingerprint density at radius 1 is 1.37 bits per heavy atom. The zero-order valence-electron chi connectivity index (χ0n) is 11.5. The fourth-order valence-electron chi connectivity index (χ4n) is 1.59. The second-order valence-corrected chi connectivity index (χ2v) is 5.80. The molecule has 0 saturated carbocycles. The number of hydrogen-bond acceptors (Lipinski definition) is 3. The van der Waals surface area contributed by atoms with Crippen LogP contribution in [0.5, 0.6) is 0 Å². The smallest absolute Gasteiger partial charge is 0.408 e. The summed E-state index contributed by atoms with van der Waals surface area (Å²) in [5.41, 5.74) is 5.99. The van der Waals surface area contributed by atoms with E-state index in [0.29, 0.717) is 11.4 Å². The van der Waals surface area contributed by atoms with Crippen molar-refractivity contribution in [3.8, 4) is 0 Å². The van der Waals surface area contributed by atoms with E-state index in [0.717, 1.165) is 5.56 Å². The molecule has 0 radical (unpaired) electrons. The minimum atomic E-state index is -0.533. The zero-order chi connectivity index (χ0) is 14.5. The van der Waals surface area contributed by atoms with E-state index < -0.39 is 11.7 Å². The van der Waals surface area contributed by atoms with Gasteiger partial charge in [-0.15, -0.1) is 0 Å². The molecule has 1 aromatic rings. The van der Waals surface area contributed by atoms with Gasteiger partial charge in [0.25, 0.3) is 0 Å². The average Bonchev–Trinajstić information content (AvgIpc) is 2.26. The second kappa shape index (κ2) is 6.52. The highest BCUT2D eigenvalue weighted by Gasteiger charge is 2.20. The first-order valence-corrected chi connectivity index (χ1v) is 6.51. The van der Waals surface area contributed by atoms with Gasteiger partial charge in [-0.25, -0.2) is 4.79 Å².